The van der Waals surface area contributed by atoms with Gasteiger partial charge in [0.1, 0.15) is 12.4 Å². The number of ether oxygens (including phenoxy) is 1. The molecule has 1 amide bonds. The second kappa shape index (κ2) is 7.90. The normalized spacial score (nSPS) is 25.7. The zero-order chi connectivity index (χ0) is 20.5. The molecule has 0 unspecified atom stereocenters. The number of carbonyl (C=O) groups is 2. The van der Waals surface area contributed by atoms with E-state index in [1.165, 1.54) is 6.07 Å². The summed E-state index contributed by atoms with van der Waals surface area (Å²) in [5.41, 5.74) is 0.412. The number of fused-ring (bicyclic) bond motifs is 1. The number of nitrogens with one attached hydrogen (secondary N) is 1. The Hall–Kier alpha value is -2.42. The fourth-order valence-electron chi connectivity index (χ4n) is 3.75. The number of aliphatic imine (C=N–C) groups is 1. The van der Waals surface area contributed by atoms with Crippen molar-refractivity contribution in [2.24, 2.45) is 4.99 Å². The SMILES string of the molecule is C[C@@H](OC(=O)CN=C1NS(=O)(=O)c2ccccc21)C(=O)N1[C@@H](C)CCC[C@@H]1C. The van der Waals surface area contributed by atoms with Crippen molar-refractivity contribution in [3.63, 3.8) is 0 Å². The van der Waals surface area contributed by atoms with E-state index in [-0.39, 0.29) is 35.3 Å². The van der Waals surface area contributed by atoms with Crippen LogP contribution >= 0.6 is 0 Å². The molecule has 28 heavy (non-hydrogen) atoms. The van der Waals surface area contributed by atoms with Gasteiger partial charge in [0.15, 0.2) is 6.10 Å². The van der Waals surface area contributed by atoms with Crippen molar-refractivity contribution in [2.45, 2.75) is 63.1 Å². The first-order chi connectivity index (χ1) is 13.2. The highest BCUT2D eigenvalue weighted by Gasteiger charge is 2.33. The summed E-state index contributed by atoms with van der Waals surface area (Å²) in [7, 11) is -3.66. The monoisotopic (exact) mass is 407 g/mol. The molecule has 1 aromatic carbocycles. The van der Waals surface area contributed by atoms with Gasteiger partial charge in [-0.25, -0.2) is 8.42 Å². The van der Waals surface area contributed by atoms with Crippen LogP contribution < -0.4 is 4.72 Å². The molecule has 3 atom stereocenters. The smallest absolute Gasteiger partial charge is 0.328 e. The molecule has 1 aromatic rings. The standard InChI is InChI=1S/C19H25N3O5S/c1-12-7-6-8-13(2)22(12)19(24)14(3)27-17(23)11-20-18-15-9-4-5-10-16(15)28(25,26)21-18/h4-5,9-10,12-14H,6-8,11H2,1-3H3,(H,20,21)/t12-,13-,14+/m0/s1. The van der Waals surface area contributed by atoms with E-state index in [4.69, 9.17) is 4.74 Å². The zero-order valence-corrected chi connectivity index (χ0v) is 17.0. The van der Waals surface area contributed by atoms with Crippen LogP contribution in [0.25, 0.3) is 0 Å². The lowest BCUT2D eigenvalue weighted by Gasteiger charge is -2.40. The molecular weight excluding hydrogens is 382 g/mol. The number of sulfonamides is 1. The summed E-state index contributed by atoms with van der Waals surface area (Å²) in [5, 5.41) is 0. The van der Waals surface area contributed by atoms with Crippen LogP contribution in [0, 0.1) is 0 Å². The van der Waals surface area contributed by atoms with E-state index in [0.717, 1.165) is 19.3 Å². The average molecular weight is 407 g/mol. The predicted molar refractivity (Wildman–Crippen MR) is 103 cm³/mol. The number of carbonyl (C=O) groups excluding carboxylic acids is 2. The minimum absolute atomic E-state index is 0.102. The lowest BCUT2D eigenvalue weighted by atomic mass is 9.97. The lowest BCUT2D eigenvalue weighted by molar-refractivity contribution is -0.161. The second-order valence-electron chi connectivity index (χ2n) is 7.27. The Morgan fingerprint density at radius 2 is 1.89 bits per heavy atom. The minimum atomic E-state index is -3.66. The summed E-state index contributed by atoms with van der Waals surface area (Å²) in [5.74, 6) is -0.799. The van der Waals surface area contributed by atoms with Gasteiger partial charge in [-0.05, 0) is 52.2 Å². The topological polar surface area (TPSA) is 105 Å². The number of amidine groups is 1. The van der Waals surface area contributed by atoms with Crippen molar-refractivity contribution in [1.29, 1.82) is 0 Å². The van der Waals surface area contributed by atoms with Crippen LogP contribution in [-0.2, 0) is 24.3 Å². The van der Waals surface area contributed by atoms with Gasteiger partial charge >= 0.3 is 5.97 Å². The van der Waals surface area contributed by atoms with Crippen LogP contribution in [0.3, 0.4) is 0 Å². The van der Waals surface area contributed by atoms with Crippen LogP contribution in [0.5, 0.6) is 0 Å². The molecule has 9 heteroatoms. The molecule has 0 bridgehead atoms. The first-order valence-electron chi connectivity index (χ1n) is 9.39. The van der Waals surface area contributed by atoms with Crippen molar-refractivity contribution in [3.05, 3.63) is 29.8 Å². The van der Waals surface area contributed by atoms with Gasteiger partial charge in [-0.2, -0.15) is 0 Å². The van der Waals surface area contributed by atoms with Crippen molar-refractivity contribution in [2.75, 3.05) is 6.54 Å². The number of amides is 1. The summed E-state index contributed by atoms with van der Waals surface area (Å²) < 4.78 is 31.7. The number of benzene rings is 1. The van der Waals surface area contributed by atoms with E-state index in [2.05, 4.69) is 9.71 Å². The van der Waals surface area contributed by atoms with Gasteiger partial charge in [0, 0.05) is 17.6 Å². The highest BCUT2D eigenvalue weighted by atomic mass is 32.2. The molecule has 0 aromatic heterocycles. The third-order valence-electron chi connectivity index (χ3n) is 5.13. The molecule has 0 saturated carbocycles. The van der Waals surface area contributed by atoms with Gasteiger partial charge < -0.3 is 9.64 Å². The van der Waals surface area contributed by atoms with Gasteiger partial charge in [-0.3, -0.25) is 19.3 Å². The van der Waals surface area contributed by atoms with Crippen molar-refractivity contribution in [1.82, 2.24) is 9.62 Å². The van der Waals surface area contributed by atoms with E-state index < -0.39 is 22.1 Å². The van der Waals surface area contributed by atoms with Crippen LogP contribution in [-0.4, -0.2) is 55.8 Å². The fraction of sp³-hybridized carbons (Fsp3) is 0.526. The number of esters is 1. The van der Waals surface area contributed by atoms with Crippen LogP contribution in [0.2, 0.25) is 0 Å². The number of rotatable bonds is 4. The number of likely N-dealkylation sites (tertiary alicyclic amines) is 1. The first kappa shape index (κ1) is 20.3. The second-order valence-corrected chi connectivity index (χ2v) is 8.92. The highest BCUT2D eigenvalue weighted by Crippen LogP contribution is 2.24. The number of hydrogen-bond acceptors (Lipinski definition) is 6. The summed E-state index contributed by atoms with van der Waals surface area (Å²) in [6, 6.07) is 6.62. The summed E-state index contributed by atoms with van der Waals surface area (Å²) in [6.45, 7) is 5.17. The molecular formula is C19H25N3O5S. The van der Waals surface area contributed by atoms with Crippen molar-refractivity contribution >= 4 is 27.7 Å². The molecule has 2 aliphatic heterocycles. The maximum Gasteiger partial charge on any atom is 0.328 e. The first-order valence-corrected chi connectivity index (χ1v) is 10.9. The van der Waals surface area contributed by atoms with Gasteiger partial charge in [-0.15, -0.1) is 0 Å². The quantitative estimate of drug-likeness (QED) is 0.761. The lowest BCUT2D eigenvalue weighted by Crippen LogP contribution is -2.51. The molecule has 152 valence electrons. The summed E-state index contributed by atoms with van der Waals surface area (Å²) in [6.07, 6.45) is 2.03. The Labute approximate surface area is 165 Å². The van der Waals surface area contributed by atoms with Crippen molar-refractivity contribution < 1.29 is 22.7 Å². The zero-order valence-electron chi connectivity index (χ0n) is 16.2. The van der Waals surface area contributed by atoms with E-state index in [1.54, 1.807) is 30.0 Å². The van der Waals surface area contributed by atoms with Gasteiger partial charge in [0.25, 0.3) is 15.9 Å². The Morgan fingerprint density at radius 1 is 1.25 bits per heavy atom. The molecule has 1 fully saturated rings. The predicted octanol–water partition coefficient (Wildman–Crippen LogP) is 1.45. The molecule has 8 nitrogen and oxygen atoms in total. The van der Waals surface area contributed by atoms with E-state index in [1.807, 2.05) is 13.8 Å². The third-order valence-corrected chi connectivity index (χ3v) is 6.53. The molecule has 2 heterocycles. The Bertz CT molecular complexity index is 902. The molecule has 0 aliphatic carbocycles. The maximum absolute atomic E-state index is 12.7. The van der Waals surface area contributed by atoms with E-state index in [9.17, 15) is 18.0 Å². The average Bonchev–Trinajstić information content (AvgIpc) is 2.90. The molecule has 0 spiro atoms. The Balaban J connectivity index is 1.63. The molecule has 0 radical (unpaired) electrons. The Morgan fingerprint density at radius 3 is 2.57 bits per heavy atom. The Kier molecular flexibility index (Phi) is 5.74. The molecule has 1 saturated heterocycles. The van der Waals surface area contributed by atoms with Gasteiger partial charge in [0.2, 0.25) is 0 Å². The summed E-state index contributed by atoms with van der Waals surface area (Å²) >= 11 is 0. The molecule has 2 aliphatic rings. The minimum Gasteiger partial charge on any atom is -0.451 e. The van der Waals surface area contributed by atoms with E-state index >= 15 is 0 Å². The number of hydrogen-bond donors (Lipinski definition) is 1. The highest BCUT2D eigenvalue weighted by molar-refractivity contribution is 7.90. The van der Waals surface area contributed by atoms with Gasteiger partial charge in [0.05, 0.1) is 4.90 Å². The van der Waals surface area contributed by atoms with Crippen LogP contribution in [0.4, 0.5) is 0 Å². The van der Waals surface area contributed by atoms with Gasteiger partial charge in [-0.1, -0.05) is 12.1 Å². The number of nitrogens with zero attached hydrogens (tertiary/aromatic N) is 2. The number of piperidine rings is 1. The molecule has 1 N–H and O–H groups in total. The third kappa shape index (κ3) is 4.04. The van der Waals surface area contributed by atoms with Crippen LogP contribution in [0.1, 0.15) is 45.6 Å². The molecule has 3 rings (SSSR count). The fourth-order valence-corrected chi connectivity index (χ4v) is 5.00. The largest absolute Gasteiger partial charge is 0.451 e. The van der Waals surface area contributed by atoms with Crippen LogP contribution in [0.15, 0.2) is 34.2 Å². The van der Waals surface area contributed by atoms with Crippen molar-refractivity contribution in [3.8, 4) is 0 Å². The summed E-state index contributed by atoms with van der Waals surface area (Å²) in [4.78, 5) is 30.8. The van der Waals surface area contributed by atoms with E-state index in [0.29, 0.717) is 5.56 Å². The maximum atomic E-state index is 12.7.